The molecule has 0 radical (unpaired) electrons. The molecule has 0 aliphatic carbocycles. The third-order valence-electron chi connectivity index (χ3n) is 4.35. The zero-order valence-electron chi connectivity index (χ0n) is 15.4. The Morgan fingerprint density at radius 3 is 1.76 bits per heavy atom. The van der Waals surface area contributed by atoms with Crippen LogP contribution in [-0.2, 0) is 4.79 Å². The highest BCUT2D eigenvalue weighted by molar-refractivity contribution is 5.81. The minimum atomic E-state index is -1.85. The van der Waals surface area contributed by atoms with Gasteiger partial charge in [-0.2, -0.15) is 0 Å². The smallest absolute Gasteiger partial charge is 0.251 e. The van der Waals surface area contributed by atoms with Crippen molar-refractivity contribution in [3.05, 3.63) is 0 Å². The average Bonchev–Trinajstić information content (AvgIpc) is 2.63. The largest absolute Gasteiger partial charge is 0.394 e. The van der Waals surface area contributed by atoms with Gasteiger partial charge in [-0.1, -0.05) is 64.7 Å². The zero-order valence-corrected chi connectivity index (χ0v) is 15.4. The van der Waals surface area contributed by atoms with Gasteiger partial charge in [0, 0.05) is 6.54 Å². The van der Waals surface area contributed by atoms with Crippen LogP contribution in [0.1, 0.15) is 71.1 Å². The highest BCUT2D eigenvalue weighted by Gasteiger charge is 2.33. The van der Waals surface area contributed by atoms with Crippen LogP contribution in [-0.4, -0.2) is 69.0 Å². The molecular formula is C18H37NO6. The SMILES string of the molecule is CCCCCCCCCCCCNC(=O)[C@H](O)[C@H](O)[C@@H](O)[C@H](O)CO. The number of hydrogen-bond acceptors (Lipinski definition) is 6. The molecule has 0 aromatic heterocycles. The first-order chi connectivity index (χ1) is 12.0. The maximum absolute atomic E-state index is 11.7. The van der Waals surface area contributed by atoms with Crippen LogP contribution in [0, 0.1) is 0 Å². The van der Waals surface area contributed by atoms with E-state index in [9.17, 15) is 25.2 Å². The quantitative estimate of drug-likeness (QED) is 0.221. The Morgan fingerprint density at radius 2 is 1.28 bits per heavy atom. The first-order valence-electron chi connectivity index (χ1n) is 9.56. The summed E-state index contributed by atoms with van der Waals surface area (Å²) in [5.74, 6) is -0.799. The van der Waals surface area contributed by atoms with E-state index in [1.54, 1.807) is 0 Å². The molecule has 150 valence electrons. The van der Waals surface area contributed by atoms with Gasteiger partial charge < -0.3 is 30.8 Å². The lowest BCUT2D eigenvalue weighted by Crippen LogP contribution is -2.51. The number of aliphatic hydroxyl groups is 5. The lowest BCUT2D eigenvalue weighted by molar-refractivity contribution is -0.148. The second-order valence-electron chi connectivity index (χ2n) is 6.65. The number of carbonyl (C=O) groups excluding carboxylic acids is 1. The van der Waals surface area contributed by atoms with Gasteiger partial charge >= 0.3 is 0 Å². The molecule has 0 bridgehead atoms. The molecule has 0 rings (SSSR count). The van der Waals surface area contributed by atoms with Gasteiger partial charge in [0.15, 0.2) is 6.10 Å². The average molecular weight is 363 g/mol. The zero-order chi connectivity index (χ0) is 19.1. The van der Waals surface area contributed by atoms with Crippen molar-refractivity contribution in [1.29, 1.82) is 0 Å². The molecule has 25 heavy (non-hydrogen) atoms. The van der Waals surface area contributed by atoms with E-state index in [-0.39, 0.29) is 0 Å². The van der Waals surface area contributed by atoms with Crippen molar-refractivity contribution in [2.24, 2.45) is 0 Å². The van der Waals surface area contributed by atoms with Crippen LogP contribution in [0.3, 0.4) is 0 Å². The number of aliphatic hydroxyl groups excluding tert-OH is 5. The summed E-state index contributed by atoms with van der Waals surface area (Å²) < 4.78 is 0. The molecule has 0 saturated carbocycles. The molecule has 0 aromatic rings. The molecule has 0 heterocycles. The molecule has 1 amide bonds. The summed E-state index contributed by atoms with van der Waals surface area (Å²) in [5, 5.41) is 49.1. The summed E-state index contributed by atoms with van der Waals surface area (Å²) in [7, 11) is 0. The molecule has 6 N–H and O–H groups in total. The normalized spacial score (nSPS) is 16.2. The molecule has 7 nitrogen and oxygen atoms in total. The van der Waals surface area contributed by atoms with Gasteiger partial charge in [0.2, 0.25) is 0 Å². The molecule has 0 spiro atoms. The van der Waals surface area contributed by atoms with Crippen molar-refractivity contribution in [3.8, 4) is 0 Å². The number of rotatable bonds is 16. The highest BCUT2D eigenvalue weighted by Crippen LogP contribution is 2.10. The standard InChI is InChI=1S/C18H37NO6/c1-2-3-4-5-6-7-8-9-10-11-12-19-18(25)17(24)16(23)15(22)14(21)13-20/h14-17,20-24H,2-13H2,1H3,(H,19,25)/t14-,15+,16-,17-/m1/s1. The van der Waals surface area contributed by atoms with Crippen LogP contribution in [0.15, 0.2) is 0 Å². The molecule has 0 unspecified atom stereocenters. The Morgan fingerprint density at radius 1 is 0.800 bits per heavy atom. The Kier molecular flexibility index (Phi) is 15.1. The molecular weight excluding hydrogens is 326 g/mol. The van der Waals surface area contributed by atoms with Crippen molar-refractivity contribution in [2.45, 2.75) is 95.5 Å². The van der Waals surface area contributed by atoms with Gasteiger partial charge in [0.25, 0.3) is 5.91 Å². The van der Waals surface area contributed by atoms with Crippen molar-refractivity contribution in [2.75, 3.05) is 13.2 Å². The number of nitrogens with one attached hydrogen (secondary N) is 1. The van der Waals surface area contributed by atoms with Crippen LogP contribution in [0.4, 0.5) is 0 Å². The van der Waals surface area contributed by atoms with E-state index in [1.165, 1.54) is 44.9 Å². The molecule has 0 aliphatic heterocycles. The maximum Gasteiger partial charge on any atom is 0.251 e. The lowest BCUT2D eigenvalue weighted by atomic mass is 10.0. The third-order valence-corrected chi connectivity index (χ3v) is 4.35. The fourth-order valence-electron chi connectivity index (χ4n) is 2.61. The van der Waals surface area contributed by atoms with E-state index in [1.807, 2.05) is 0 Å². The van der Waals surface area contributed by atoms with Gasteiger partial charge in [-0.15, -0.1) is 0 Å². The predicted octanol–water partition coefficient (Wildman–Crippen LogP) is 0.459. The highest BCUT2D eigenvalue weighted by atomic mass is 16.4. The summed E-state index contributed by atoms with van der Waals surface area (Å²) in [6.07, 6.45) is 4.69. The summed E-state index contributed by atoms with van der Waals surface area (Å²) >= 11 is 0. The van der Waals surface area contributed by atoms with Crippen LogP contribution in [0.25, 0.3) is 0 Å². The van der Waals surface area contributed by atoms with Crippen LogP contribution >= 0.6 is 0 Å². The summed E-state index contributed by atoms with van der Waals surface area (Å²) in [6.45, 7) is 1.82. The first-order valence-corrected chi connectivity index (χ1v) is 9.56. The van der Waals surface area contributed by atoms with Crippen LogP contribution in [0.5, 0.6) is 0 Å². The summed E-state index contributed by atoms with van der Waals surface area (Å²) in [6, 6.07) is 0. The minimum Gasteiger partial charge on any atom is -0.394 e. The maximum atomic E-state index is 11.7. The molecule has 0 saturated heterocycles. The minimum absolute atomic E-state index is 0.387. The number of hydrogen-bond donors (Lipinski definition) is 6. The Labute approximate surface area is 151 Å². The number of amides is 1. The molecule has 4 atom stereocenters. The van der Waals surface area contributed by atoms with Gasteiger partial charge in [0.1, 0.15) is 18.3 Å². The lowest BCUT2D eigenvalue weighted by Gasteiger charge is -2.24. The van der Waals surface area contributed by atoms with E-state index in [0.29, 0.717) is 6.54 Å². The first kappa shape index (κ1) is 24.3. The monoisotopic (exact) mass is 363 g/mol. The molecule has 0 aliphatic rings. The Balaban J connectivity index is 3.66. The van der Waals surface area contributed by atoms with E-state index in [4.69, 9.17) is 5.11 Å². The van der Waals surface area contributed by atoms with Crippen molar-refractivity contribution in [1.82, 2.24) is 5.32 Å². The second kappa shape index (κ2) is 15.5. The van der Waals surface area contributed by atoms with E-state index >= 15 is 0 Å². The Hall–Kier alpha value is -0.730. The van der Waals surface area contributed by atoms with Crippen molar-refractivity contribution in [3.63, 3.8) is 0 Å². The molecule has 0 aromatic carbocycles. The van der Waals surface area contributed by atoms with Crippen molar-refractivity contribution >= 4 is 5.91 Å². The van der Waals surface area contributed by atoms with Crippen molar-refractivity contribution < 1.29 is 30.3 Å². The fraction of sp³-hybridized carbons (Fsp3) is 0.944. The number of carbonyl (C=O) groups is 1. The van der Waals surface area contributed by atoms with Crippen LogP contribution < -0.4 is 5.32 Å². The predicted molar refractivity (Wildman–Crippen MR) is 96.0 cm³/mol. The topological polar surface area (TPSA) is 130 Å². The van der Waals surface area contributed by atoms with Gasteiger partial charge in [0.05, 0.1) is 6.61 Å². The van der Waals surface area contributed by atoms with E-state index < -0.39 is 36.9 Å². The third kappa shape index (κ3) is 11.5. The Bertz CT molecular complexity index is 329. The van der Waals surface area contributed by atoms with Crippen LogP contribution in [0.2, 0.25) is 0 Å². The van der Waals surface area contributed by atoms with Gasteiger partial charge in [-0.3, -0.25) is 4.79 Å². The molecule has 0 fully saturated rings. The summed E-state index contributed by atoms with van der Waals surface area (Å²) in [5.41, 5.74) is 0. The summed E-state index contributed by atoms with van der Waals surface area (Å²) in [4.78, 5) is 11.7. The second-order valence-corrected chi connectivity index (χ2v) is 6.65. The fourth-order valence-corrected chi connectivity index (χ4v) is 2.61. The van der Waals surface area contributed by atoms with Gasteiger partial charge in [-0.25, -0.2) is 0 Å². The van der Waals surface area contributed by atoms with E-state index in [2.05, 4.69) is 12.2 Å². The van der Waals surface area contributed by atoms with Gasteiger partial charge in [-0.05, 0) is 6.42 Å². The number of unbranched alkanes of at least 4 members (excludes halogenated alkanes) is 9. The molecule has 7 heteroatoms. The van der Waals surface area contributed by atoms with E-state index in [0.717, 1.165) is 19.3 Å².